The van der Waals surface area contributed by atoms with Crippen molar-refractivity contribution >= 4 is 11.8 Å². The quantitative estimate of drug-likeness (QED) is 0.686. The molecule has 2 aromatic carbocycles. The van der Waals surface area contributed by atoms with Crippen molar-refractivity contribution in [2.24, 2.45) is 0 Å². The van der Waals surface area contributed by atoms with E-state index in [1.54, 1.807) is 7.11 Å². The molecule has 0 N–H and O–H groups in total. The molecule has 0 heterocycles. The third-order valence-corrected chi connectivity index (χ3v) is 4.46. The zero-order valence-corrected chi connectivity index (χ0v) is 14.2. The Labute approximate surface area is 132 Å². The van der Waals surface area contributed by atoms with Crippen LogP contribution in [-0.2, 0) is 12.8 Å². The molecule has 112 valence electrons. The molecular weight excluding hydrogens is 276 g/mol. The summed E-state index contributed by atoms with van der Waals surface area (Å²) >= 11 is 1.95. The molecule has 0 bridgehead atoms. The third-order valence-electron chi connectivity index (χ3n) is 3.23. The van der Waals surface area contributed by atoms with Gasteiger partial charge in [0.05, 0.1) is 7.11 Å². The van der Waals surface area contributed by atoms with Crippen LogP contribution in [0.15, 0.2) is 53.4 Å². The normalized spacial score (nSPS) is 11.4. The van der Waals surface area contributed by atoms with Gasteiger partial charge in [-0.15, -0.1) is 11.8 Å². The summed E-state index contributed by atoms with van der Waals surface area (Å²) in [5, 5.41) is 0. The SMILES string of the molecule is COc1ccc(CCc2ccccc2SC(C)(C)C)cc1. The van der Waals surface area contributed by atoms with E-state index >= 15 is 0 Å². The van der Waals surface area contributed by atoms with Gasteiger partial charge in [-0.3, -0.25) is 0 Å². The topological polar surface area (TPSA) is 9.23 Å². The van der Waals surface area contributed by atoms with Gasteiger partial charge in [0.2, 0.25) is 0 Å². The van der Waals surface area contributed by atoms with E-state index in [0.29, 0.717) is 0 Å². The summed E-state index contributed by atoms with van der Waals surface area (Å²) in [6.07, 6.45) is 2.14. The van der Waals surface area contributed by atoms with E-state index in [0.717, 1.165) is 18.6 Å². The molecule has 0 atom stereocenters. The highest BCUT2D eigenvalue weighted by Gasteiger charge is 2.14. The average Bonchev–Trinajstić information content (AvgIpc) is 2.45. The van der Waals surface area contributed by atoms with Crippen LogP contribution < -0.4 is 4.74 Å². The van der Waals surface area contributed by atoms with E-state index < -0.39 is 0 Å². The Balaban J connectivity index is 2.05. The van der Waals surface area contributed by atoms with Gasteiger partial charge in [0.25, 0.3) is 0 Å². The molecule has 0 aromatic heterocycles. The Morgan fingerprint density at radius 2 is 1.57 bits per heavy atom. The first-order valence-electron chi connectivity index (χ1n) is 7.38. The van der Waals surface area contributed by atoms with E-state index in [9.17, 15) is 0 Å². The second-order valence-electron chi connectivity index (χ2n) is 6.17. The minimum Gasteiger partial charge on any atom is -0.497 e. The fraction of sp³-hybridized carbons (Fsp3) is 0.368. The minimum absolute atomic E-state index is 0.246. The number of hydrogen-bond donors (Lipinski definition) is 0. The van der Waals surface area contributed by atoms with Crippen molar-refractivity contribution in [3.63, 3.8) is 0 Å². The van der Waals surface area contributed by atoms with E-state index in [-0.39, 0.29) is 4.75 Å². The Kier molecular flexibility index (Phi) is 5.35. The molecule has 2 rings (SSSR count). The Morgan fingerprint density at radius 1 is 0.905 bits per heavy atom. The van der Waals surface area contributed by atoms with Gasteiger partial charge in [-0.2, -0.15) is 0 Å². The van der Waals surface area contributed by atoms with Gasteiger partial charge in [-0.25, -0.2) is 0 Å². The number of thioether (sulfide) groups is 1. The number of hydrogen-bond acceptors (Lipinski definition) is 2. The maximum atomic E-state index is 5.20. The summed E-state index contributed by atoms with van der Waals surface area (Å²) in [7, 11) is 1.70. The van der Waals surface area contributed by atoms with Gasteiger partial charge in [0, 0.05) is 9.64 Å². The first kappa shape index (κ1) is 16.0. The zero-order chi connectivity index (χ0) is 15.3. The van der Waals surface area contributed by atoms with Gasteiger partial charge in [0.15, 0.2) is 0 Å². The summed E-state index contributed by atoms with van der Waals surface area (Å²) in [6.45, 7) is 6.79. The molecule has 2 aromatic rings. The lowest BCUT2D eigenvalue weighted by molar-refractivity contribution is 0.414. The Morgan fingerprint density at radius 3 is 2.19 bits per heavy atom. The van der Waals surface area contributed by atoms with Gasteiger partial charge in [-0.1, -0.05) is 51.1 Å². The van der Waals surface area contributed by atoms with Crippen molar-refractivity contribution < 1.29 is 4.74 Å². The summed E-state index contributed by atoms with van der Waals surface area (Å²) in [6, 6.07) is 17.1. The van der Waals surface area contributed by atoms with Crippen LogP contribution in [0, 0.1) is 0 Å². The second kappa shape index (κ2) is 7.04. The van der Waals surface area contributed by atoms with Crippen molar-refractivity contribution in [1.82, 2.24) is 0 Å². The van der Waals surface area contributed by atoms with Crippen LogP contribution in [0.2, 0.25) is 0 Å². The fourth-order valence-electron chi connectivity index (χ4n) is 2.21. The lowest BCUT2D eigenvalue weighted by Gasteiger charge is -2.20. The van der Waals surface area contributed by atoms with Gasteiger partial charge >= 0.3 is 0 Å². The minimum atomic E-state index is 0.246. The maximum absolute atomic E-state index is 5.20. The molecule has 0 aliphatic heterocycles. The van der Waals surface area contributed by atoms with Crippen LogP contribution >= 0.6 is 11.8 Å². The molecule has 0 spiro atoms. The average molecular weight is 300 g/mol. The van der Waals surface area contributed by atoms with Crippen LogP contribution in [0.25, 0.3) is 0 Å². The molecule has 0 unspecified atom stereocenters. The van der Waals surface area contributed by atoms with Crippen molar-refractivity contribution in [3.05, 3.63) is 59.7 Å². The standard InChI is InChI=1S/C19H24OS/c1-19(2,3)21-18-8-6-5-7-16(18)12-9-15-10-13-17(20-4)14-11-15/h5-8,10-11,13-14H,9,12H2,1-4H3. The highest BCUT2D eigenvalue weighted by molar-refractivity contribution is 8.00. The molecule has 1 nitrogen and oxygen atoms in total. The summed E-state index contributed by atoms with van der Waals surface area (Å²) in [5.74, 6) is 0.919. The predicted octanol–water partition coefficient (Wildman–Crippen LogP) is 5.37. The molecule has 2 heteroatoms. The lowest BCUT2D eigenvalue weighted by Crippen LogP contribution is -2.07. The Hall–Kier alpha value is -1.41. The summed E-state index contributed by atoms with van der Waals surface area (Å²) < 4.78 is 5.45. The summed E-state index contributed by atoms with van der Waals surface area (Å²) in [4.78, 5) is 1.40. The molecule has 0 aliphatic carbocycles. The Bertz CT molecular complexity index is 567. The molecular formula is C19H24OS. The monoisotopic (exact) mass is 300 g/mol. The highest BCUT2D eigenvalue weighted by Crippen LogP contribution is 2.34. The lowest BCUT2D eigenvalue weighted by atomic mass is 10.0. The molecule has 21 heavy (non-hydrogen) atoms. The third kappa shape index (κ3) is 5.13. The first-order valence-corrected chi connectivity index (χ1v) is 8.19. The van der Waals surface area contributed by atoms with Crippen LogP contribution in [0.1, 0.15) is 31.9 Å². The number of ether oxygens (including phenoxy) is 1. The smallest absolute Gasteiger partial charge is 0.118 e. The van der Waals surface area contributed by atoms with E-state index in [2.05, 4.69) is 57.2 Å². The molecule has 0 saturated carbocycles. The van der Waals surface area contributed by atoms with Crippen LogP contribution in [0.4, 0.5) is 0 Å². The highest BCUT2D eigenvalue weighted by atomic mass is 32.2. The van der Waals surface area contributed by atoms with Crippen molar-refractivity contribution in [3.8, 4) is 5.75 Å². The van der Waals surface area contributed by atoms with E-state index in [1.165, 1.54) is 16.0 Å². The second-order valence-corrected chi connectivity index (χ2v) is 8.04. The number of methoxy groups -OCH3 is 1. The van der Waals surface area contributed by atoms with Crippen molar-refractivity contribution in [2.75, 3.05) is 7.11 Å². The van der Waals surface area contributed by atoms with Crippen LogP contribution in [0.3, 0.4) is 0 Å². The van der Waals surface area contributed by atoms with Gasteiger partial charge in [0.1, 0.15) is 5.75 Å². The van der Waals surface area contributed by atoms with Crippen molar-refractivity contribution in [1.29, 1.82) is 0 Å². The molecule has 0 radical (unpaired) electrons. The molecule has 0 aliphatic rings. The van der Waals surface area contributed by atoms with E-state index in [4.69, 9.17) is 4.74 Å². The molecule has 0 amide bonds. The molecule has 0 fully saturated rings. The van der Waals surface area contributed by atoms with Crippen molar-refractivity contribution in [2.45, 2.75) is 43.3 Å². The summed E-state index contributed by atoms with van der Waals surface area (Å²) in [5.41, 5.74) is 2.79. The number of aryl methyl sites for hydroxylation is 2. The van der Waals surface area contributed by atoms with Gasteiger partial charge < -0.3 is 4.74 Å². The van der Waals surface area contributed by atoms with Crippen LogP contribution in [-0.4, -0.2) is 11.9 Å². The van der Waals surface area contributed by atoms with Gasteiger partial charge in [-0.05, 0) is 42.2 Å². The zero-order valence-electron chi connectivity index (χ0n) is 13.3. The van der Waals surface area contributed by atoms with Crippen LogP contribution in [0.5, 0.6) is 5.75 Å². The number of rotatable bonds is 5. The maximum Gasteiger partial charge on any atom is 0.118 e. The molecule has 0 saturated heterocycles. The van der Waals surface area contributed by atoms with E-state index in [1.807, 2.05) is 23.9 Å². The largest absolute Gasteiger partial charge is 0.497 e. The first-order chi connectivity index (χ1) is 9.98. The predicted molar refractivity (Wildman–Crippen MR) is 92.5 cm³/mol. The fourth-order valence-corrected chi connectivity index (χ4v) is 3.32. The number of benzene rings is 2.